The summed E-state index contributed by atoms with van der Waals surface area (Å²) in [6.07, 6.45) is 10.8. The molecule has 0 aromatic heterocycles. The van der Waals surface area contributed by atoms with Crippen LogP contribution >= 0.6 is 0 Å². The maximum atomic E-state index is 14.0. The first-order chi connectivity index (χ1) is 18.6. The number of benzene rings is 2. The van der Waals surface area contributed by atoms with E-state index in [0.29, 0.717) is 19.0 Å². The van der Waals surface area contributed by atoms with E-state index >= 15 is 0 Å². The Morgan fingerprint density at radius 2 is 1.66 bits per heavy atom. The van der Waals surface area contributed by atoms with E-state index in [1.807, 2.05) is 65.6 Å². The smallest absolute Gasteiger partial charge is 0.334 e. The lowest BCUT2D eigenvalue weighted by Gasteiger charge is -2.55. The van der Waals surface area contributed by atoms with Crippen LogP contribution in [0.1, 0.15) is 49.3 Å². The van der Waals surface area contributed by atoms with Crippen molar-refractivity contribution in [2.45, 2.75) is 50.9 Å². The van der Waals surface area contributed by atoms with Gasteiger partial charge >= 0.3 is 6.03 Å². The zero-order valence-electron chi connectivity index (χ0n) is 21.7. The molecule has 0 bridgehead atoms. The zero-order chi connectivity index (χ0) is 26.5. The molecule has 2 saturated heterocycles. The van der Waals surface area contributed by atoms with Crippen molar-refractivity contribution in [1.82, 2.24) is 25.1 Å². The van der Waals surface area contributed by atoms with Gasteiger partial charge < -0.3 is 15.1 Å². The van der Waals surface area contributed by atoms with E-state index in [1.54, 1.807) is 14.9 Å². The molecule has 3 aliphatic rings. The molecule has 0 spiro atoms. The summed E-state index contributed by atoms with van der Waals surface area (Å²) in [6, 6.07) is 17.9. The summed E-state index contributed by atoms with van der Waals surface area (Å²) in [6.45, 7) is 1.27. The van der Waals surface area contributed by atoms with Crippen LogP contribution in [0.2, 0.25) is 0 Å². The summed E-state index contributed by atoms with van der Waals surface area (Å²) in [5, 5.41) is 6.20. The minimum absolute atomic E-state index is 0.0707. The quantitative estimate of drug-likeness (QED) is 0.601. The lowest BCUT2D eigenvalue weighted by Crippen LogP contribution is -2.74. The van der Waals surface area contributed by atoms with Crippen molar-refractivity contribution in [3.8, 4) is 12.3 Å². The molecule has 1 aliphatic carbocycles. The Morgan fingerprint density at radius 1 is 0.974 bits per heavy atom. The second-order valence-corrected chi connectivity index (χ2v) is 10.4. The number of urea groups is 1. The molecule has 2 atom stereocenters. The normalized spacial score (nSPS) is 22.7. The highest BCUT2D eigenvalue weighted by atomic mass is 16.2. The second kappa shape index (κ2) is 11.7. The summed E-state index contributed by atoms with van der Waals surface area (Å²) in [5.41, 5.74) is 1.72. The van der Waals surface area contributed by atoms with Crippen molar-refractivity contribution in [2.75, 3.05) is 26.2 Å². The minimum atomic E-state index is -0.788. The molecule has 3 fully saturated rings. The first kappa shape index (κ1) is 25.8. The van der Waals surface area contributed by atoms with Gasteiger partial charge in [-0.15, -0.1) is 6.42 Å². The SMILES string of the molecule is C#CCN1CC(=O)N2[C@@H](c3ccccc3)C(=O)N(CC3CCCCC3)C[C@@H]2N1C(=O)NCc1ccccc1. The van der Waals surface area contributed by atoms with Gasteiger partial charge in [0.1, 0.15) is 12.2 Å². The zero-order valence-corrected chi connectivity index (χ0v) is 21.7. The van der Waals surface area contributed by atoms with Gasteiger partial charge in [0.2, 0.25) is 11.8 Å². The highest BCUT2D eigenvalue weighted by molar-refractivity contribution is 5.92. The molecule has 38 heavy (non-hydrogen) atoms. The topological polar surface area (TPSA) is 76.2 Å². The van der Waals surface area contributed by atoms with Gasteiger partial charge in [-0.2, -0.15) is 5.01 Å². The fraction of sp³-hybridized carbons (Fsp3) is 0.433. The van der Waals surface area contributed by atoms with Gasteiger partial charge in [0, 0.05) is 13.1 Å². The number of carbonyl (C=O) groups excluding carboxylic acids is 3. The van der Waals surface area contributed by atoms with Crippen molar-refractivity contribution in [3.63, 3.8) is 0 Å². The molecule has 2 heterocycles. The average molecular weight is 514 g/mol. The standard InChI is InChI=1S/C30H35N5O3/c1-2-18-33-22-27(36)34-26(35(33)30(38)31-19-23-12-6-3-7-13-23)21-32(20-24-14-8-4-9-15-24)29(37)28(34)25-16-10-5-11-17-25/h1,3,5-7,10-13,16-17,24,26,28H,4,8-9,14-15,18-22H2,(H,31,38)/t26-,28-/m0/s1. The molecule has 5 rings (SSSR count). The van der Waals surface area contributed by atoms with Gasteiger partial charge in [-0.3, -0.25) is 9.59 Å². The molecule has 4 amide bonds. The Balaban J connectivity index is 1.48. The van der Waals surface area contributed by atoms with Gasteiger partial charge in [0.05, 0.1) is 19.6 Å². The Bertz CT molecular complexity index is 1180. The molecular weight excluding hydrogens is 478 g/mol. The number of hydrogen-bond acceptors (Lipinski definition) is 4. The van der Waals surface area contributed by atoms with E-state index in [2.05, 4.69) is 11.2 Å². The Labute approximate surface area is 224 Å². The molecule has 0 radical (unpaired) electrons. The number of piperazine rings is 1. The molecule has 2 aliphatic heterocycles. The third kappa shape index (κ3) is 5.39. The summed E-state index contributed by atoms with van der Waals surface area (Å²) < 4.78 is 0. The van der Waals surface area contributed by atoms with Crippen LogP contribution in [-0.4, -0.2) is 70.0 Å². The molecule has 1 saturated carbocycles. The molecule has 0 unspecified atom stereocenters. The number of carbonyl (C=O) groups is 3. The third-order valence-electron chi connectivity index (χ3n) is 7.81. The summed E-state index contributed by atoms with van der Waals surface area (Å²) >= 11 is 0. The van der Waals surface area contributed by atoms with Gasteiger partial charge in [0.15, 0.2) is 0 Å². The molecule has 2 aromatic rings. The largest absolute Gasteiger partial charge is 0.336 e. The number of hydrogen-bond donors (Lipinski definition) is 1. The van der Waals surface area contributed by atoms with Crippen LogP contribution in [-0.2, 0) is 16.1 Å². The number of amides is 4. The molecule has 8 heteroatoms. The number of fused-ring (bicyclic) bond motifs is 1. The molecule has 198 valence electrons. The number of hydrazine groups is 1. The number of nitrogens with zero attached hydrogens (tertiary/aromatic N) is 4. The molecule has 2 aromatic carbocycles. The van der Waals surface area contributed by atoms with E-state index in [-0.39, 0.29) is 37.5 Å². The van der Waals surface area contributed by atoms with Crippen LogP contribution in [0.5, 0.6) is 0 Å². The van der Waals surface area contributed by atoms with Crippen LogP contribution in [0, 0.1) is 18.3 Å². The van der Waals surface area contributed by atoms with Gasteiger partial charge in [-0.25, -0.2) is 9.80 Å². The molecule has 1 N–H and O–H groups in total. The van der Waals surface area contributed by atoms with E-state index in [9.17, 15) is 14.4 Å². The lowest BCUT2D eigenvalue weighted by atomic mass is 9.88. The van der Waals surface area contributed by atoms with Gasteiger partial charge in [0.25, 0.3) is 0 Å². The van der Waals surface area contributed by atoms with Gasteiger partial charge in [-0.1, -0.05) is 85.8 Å². The predicted molar refractivity (Wildman–Crippen MR) is 144 cm³/mol. The molecule has 8 nitrogen and oxygen atoms in total. The number of nitrogens with one attached hydrogen (secondary N) is 1. The maximum absolute atomic E-state index is 14.0. The maximum Gasteiger partial charge on any atom is 0.334 e. The summed E-state index contributed by atoms with van der Waals surface area (Å²) in [5.74, 6) is 2.73. The van der Waals surface area contributed by atoms with Crippen LogP contribution in [0.25, 0.3) is 0 Å². The summed E-state index contributed by atoms with van der Waals surface area (Å²) in [7, 11) is 0. The third-order valence-corrected chi connectivity index (χ3v) is 7.81. The minimum Gasteiger partial charge on any atom is -0.336 e. The Morgan fingerprint density at radius 3 is 2.34 bits per heavy atom. The Kier molecular flexibility index (Phi) is 7.94. The fourth-order valence-electron chi connectivity index (χ4n) is 5.99. The van der Waals surface area contributed by atoms with Crippen LogP contribution in [0.4, 0.5) is 4.79 Å². The van der Waals surface area contributed by atoms with Crippen molar-refractivity contribution >= 4 is 17.8 Å². The van der Waals surface area contributed by atoms with E-state index in [4.69, 9.17) is 6.42 Å². The fourth-order valence-corrected chi connectivity index (χ4v) is 5.99. The lowest BCUT2D eigenvalue weighted by molar-refractivity contribution is -0.190. The Hall–Kier alpha value is -3.83. The molecular formula is C30H35N5O3. The highest BCUT2D eigenvalue weighted by Gasteiger charge is 2.52. The van der Waals surface area contributed by atoms with Crippen LogP contribution in [0.15, 0.2) is 60.7 Å². The first-order valence-corrected chi connectivity index (χ1v) is 13.5. The van der Waals surface area contributed by atoms with Crippen molar-refractivity contribution in [1.29, 1.82) is 0 Å². The number of terminal acetylenes is 1. The predicted octanol–water partition coefficient (Wildman–Crippen LogP) is 3.38. The van der Waals surface area contributed by atoms with Crippen LogP contribution < -0.4 is 5.32 Å². The highest BCUT2D eigenvalue weighted by Crippen LogP contribution is 2.36. The monoisotopic (exact) mass is 513 g/mol. The van der Waals surface area contributed by atoms with Crippen molar-refractivity contribution < 1.29 is 14.4 Å². The summed E-state index contributed by atoms with van der Waals surface area (Å²) in [4.78, 5) is 44.7. The van der Waals surface area contributed by atoms with Gasteiger partial charge in [-0.05, 0) is 29.9 Å². The van der Waals surface area contributed by atoms with E-state index in [0.717, 1.165) is 24.0 Å². The second-order valence-electron chi connectivity index (χ2n) is 10.4. The number of rotatable bonds is 6. The van der Waals surface area contributed by atoms with Crippen molar-refractivity contribution in [3.05, 3.63) is 71.8 Å². The van der Waals surface area contributed by atoms with E-state index in [1.165, 1.54) is 19.3 Å². The first-order valence-electron chi connectivity index (χ1n) is 13.5. The average Bonchev–Trinajstić information content (AvgIpc) is 2.94. The van der Waals surface area contributed by atoms with E-state index < -0.39 is 12.2 Å². The van der Waals surface area contributed by atoms with Crippen LogP contribution in [0.3, 0.4) is 0 Å². The van der Waals surface area contributed by atoms with Crippen molar-refractivity contribution in [2.24, 2.45) is 5.92 Å².